The molecule has 2 aromatic rings. The minimum atomic E-state index is -0.570. The molecule has 1 atom stereocenters. The number of hydrogen-bond acceptors (Lipinski definition) is 7. The number of anilines is 3. The van der Waals surface area contributed by atoms with Crippen LogP contribution in [0.25, 0.3) is 0 Å². The predicted octanol–water partition coefficient (Wildman–Crippen LogP) is 2.61. The average Bonchev–Trinajstić information content (AvgIpc) is 2.85. The van der Waals surface area contributed by atoms with Crippen molar-refractivity contribution < 1.29 is 14.0 Å². The molecule has 1 unspecified atom stereocenters. The molecule has 1 aromatic heterocycles. The summed E-state index contributed by atoms with van der Waals surface area (Å²) in [5, 5.41) is 9.07. The molecule has 3 rings (SSSR count). The van der Waals surface area contributed by atoms with Gasteiger partial charge in [-0.1, -0.05) is 17.9 Å². The molecule has 1 heterocycles. The van der Waals surface area contributed by atoms with Crippen LogP contribution in [0.3, 0.4) is 0 Å². The summed E-state index contributed by atoms with van der Waals surface area (Å²) in [4.78, 5) is 37.0. The lowest BCUT2D eigenvalue weighted by Crippen LogP contribution is -2.51. The van der Waals surface area contributed by atoms with Crippen LogP contribution in [0.15, 0.2) is 42.6 Å². The number of nitrogens with zero attached hydrogens (tertiary/aromatic N) is 4. The van der Waals surface area contributed by atoms with Crippen molar-refractivity contribution in [3.8, 4) is 11.8 Å². The topological polar surface area (TPSA) is 102 Å². The van der Waals surface area contributed by atoms with Gasteiger partial charge < -0.3 is 25.8 Å². The second-order valence-electron chi connectivity index (χ2n) is 9.27. The fraction of sp³-hybridized carbons (Fsp3) is 0.407. The van der Waals surface area contributed by atoms with Crippen molar-refractivity contribution in [1.82, 2.24) is 25.1 Å². The molecule has 3 N–H and O–H groups in total. The molecule has 37 heavy (non-hydrogen) atoms. The molecule has 1 saturated carbocycles. The summed E-state index contributed by atoms with van der Waals surface area (Å²) in [7, 11) is 7.22. The Morgan fingerprint density at radius 1 is 1.22 bits per heavy atom. The highest BCUT2D eigenvalue weighted by Gasteiger charge is 2.31. The zero-order chi connectivity index (χ0) is 26.9. The van der Waals surface area contributed by atoms with E-state index in [-0.39, 0.29) is 29.6 Å². The van der Waals surface area contributed by atoms with E-state index in [1.54, 1.807) is 45.4 Å². The van der Waals surface area contributed by atoms with Gasteiger partial charge in [-0.2, -0.15) is 4.98 Å². The largest absolute Gasteiger partial charge is 0.372 e. The second-order valence-corrected chi connectivity index (χ2v) is 9.27. The lowest BCUT2D eigenvalue weighted by molar-refractivity contribution is -0.135. The standard InChI is InChI=1S/C27H34FN7O2/c1-18(35(5)24(36)7-6-14-34(3)4)26(37)31-23-15-19(16-23)8-9-20-17-30-27(33-25(20)29-2)32-22-12-10-21(28)11-13-22/h6-7,10-13,17-19,23H,14-16H2,1-5H3,(H,31,37)(H2,29,30,32,33). The van der Waals surface area contributed by atoms with Crippen molar-refractivity contribution in [1.29, 1.82) is 0 Å². The number of amides is 2. The van der Waals surface area contributed by atoms with Gasteiger partial charge >= 0.3 is 0 Å². The van der Waals surface area contributed by atoms with Gasteiger partial charge in [0.05, 0.1) is 11.8 Å². The van der Waals surface area contributed by atoms with E-state index in [0.29, 0.717) is 29.6 Å². The van der Waals surface area contributed by atoms with Crippen LogP contribution in [-0.4, -0.2) is 78.4 Å². The minimum Gasteiger partial charge on any atom is -0.372 e. The quantitative estimate of drug-likeness (QED) is 0.354. The molecule has 10 heteroatoms. The van der Waals surface area contributed by atoms with Crippen LogP contribution in [0, 0.1) is 23.6 Å². The number of benzene rings is 1. The van der Waals surface area contributed by atoms with Gasteiger partial charge in [0, 0.05) is 44.4 Å². The van der Waals surface area contributed by atoms with E-state index in [1.165, 1.54) is 23.1 Å². The highest BCUT2D eigenvalue weighted by Crippen LogP contribution is 2.27. The van der Waals surface area contributed by atoms with E-state index in [0.717, 1.165) is 12.8 Å². The molecule has 1 aliphatic carbocycles. The maximum absolute atomic E-state index is 13.1. The maximum atomic E-state index is 13.1. The summed E-state index contributed by atoms with van der Waals surface area (Å²) in [5.41, 5.74) is 1.34. The third kappa shape index (κ3) is 8.02. The van der Waals surface area contributed by atoms with E-state index in [1.807, 2.05) is 19.0 Å². The number of halogens is 1. The Morgan fingerprint density at radius 2 is 1.92 bits per heavy atom. The molecule has 0 saturated heterocycles. The fourth-order valence-electron chi connectivity index (χ4n) is 3.59. The van der Waals surface area contributed by atoms with Crippen LogP contribution in [0.2, 0.25) is 0 Å². The number of rotatable bonds is 9. The fourth-order valence-corrected chi connectivity index (χ4v) is 3.59. The summed E-state index contributed by atoms with van der Waals surface area (Å²) in [5.74, 6) is 6.77. The van der Waals surface area contributed by atoms with E-state index >= 15 is 0 Å². The first-order valence-electron chi connectivity index (χ1n) is 12.1. The van der Waals surface area contributed by atoms with Crippen molar-refractivity contribution >= 4 is 29.3 Å². The molecule has 0 spiro atoms. The van der Waals surface area contributed by atoms with Gasteiger partial charge in [0.2, 0.25) is 17.8 Å². The van der Waals surface area contributed by atoms with E-state index in [2.05, 4.69) is 37.8 Å². The Morgan fingerprint density at radius 3 is 2.57 bits per heavy atom. The lowest BCUT2D eigenvalue weighted by Gasteiger charge is -2.34. The Bertz CT molecular complexity index is 1180. The first-order valence-corrected chi connectivity index (χ1v) is 12.1. The third-order valence-electron chi connectivity index (χ3n) is 6.06. The van der Waals surface area contributed by atoms with Crippen LogP contribution in [0.5, 0.6) is 0 Å². The Hall–Kier alpha value is -3.97. The molecule has 9 nitrogen and oxygen atoms in total. The Labute approximate surface area is 217 Å². The molecular weight excluding hydrogens is 473 g/mol. The SMILES string of the molecule is CNc1nc(Nc2ccc(F)cc2)ncc1C#CC1CC(NC(=O)C(C)N(C)C(=O)C=CCN(C)C)C1. The average molecular weight is 508 g/mol. The smallest absolute Gasteiger partial charge is 0.246 e. The molecule has 2 amide bonds. The highest BCUT2D eigenvalue weighted by atomic mass is 19.1. The number of hydrogen-bond donors (Lipinski definition) is 3. The van der Waals surface area contributed by atoms with Crippen molar-refractivity contribution in [2.45, 2.75) is 31.8 Å². The van der Waals surface area contributed by atoms with Gasteiger partial charge in [0.25, 0.3) is 0 Å². The normalized spacial score (nSPS) is 17.4. The summed E-state index contributed by atoms with van der Waals surface area (Å²) >= 11 is 0. The second kappa shape index (κ2) is 12.8. The third-order valence-corrected chi connectivity index (χ3v) is 6.06. The lowest BCUT2D eigenvalue weighted by atomic mass is 9.80. The van der Waals surface area contributed by atoms with Crippen LogP contribution < -0.4 is 16.0 Å². The van der Waals surface area contributed by atoms with Crippen LogP contribution >= 0.6 is 0 Å². The number of likely N-dealkylation sites (N-methyl/N-ethyl adjacent to an activating group) is 2. The highest BCUT2D eigenvalue weighted by molar-refractivity contribution is 5.92. The van der Waals surface area contributed by atoms with E-state index in [4.69, 9.17) is 0 Å². The summed E-state index contributed by atoms with van der Waals surface area (Å²) in [6.07, 6.45) is 6.39. The van der Waals surface area contributed by atoms with E-state index < -0.39 is 6.04 Å². The molecule has 0 aliphatic heterocycles. The Kier molecular flexibility index (Phi) is 9.57. The molecule has 0 radical (unpaired) electrons. The monoisotopic (exact) mass is 507 g/mol. The molecular formula is C27H34FN7O2. The zero-order valence-electron chi connectivity index (χ0n) is 21.9. The van der Waals surface area contributed by atoms with E-state index in [9.17, 15) is 14.0 Å². The van der Waals surface area contributed by atoms with Gasteiger partial charge in [0.1, 0.15) is 17.7 Å². The predicted molar refractivity (Wildman–Crippen MR) is 143 cm³/mol. The van der Waals surface area contributed by atoms with Gasteiger partial charge in [-0.15, -0.1) is 0 Å². The van der Waals surface area contributed by atoms with Gasteiger partial charge in [-0.05, 0) is 58.1 Å². The van der Waals surface area contributed by atoms with Crippen LogP contribution in [0.4, 0.5) is 21.8 Å². The zero-order valence-corrected chi connectivity index (χ0v) is 21.9. The molecule has 1 aromatic carbocycles. The van der Waals surface area contributed by atoms with Crippen molar-refractivity contribution in [2.75, 3.05) is 45.4 Å². The van der Waals surface area contributed by atoms with Crippen molar-refractivity contribution in [3.05, 3.63) is 54.0 Å². The van der Waals surface area contributed by atoms with Crippen LogP contribution in [-0.2, 0) is 9.59 Å². The molecule has 0 bridgehead atoms. The van der Waals surface area contributed by atoms with Gasteiger partial charge in [0.15, 0.2) is 0 Å². The van der Waals surface area contributed by atoms with Gasteiger partial charge in [-0.25, -0.2) is 9.37 Å². The van der Waals surface area contributed by atoms with Gasteiger partial charge in [-0.3, -0.25) is 9.59 Å². The molecule has 1 fully saturated rings. The maximum Gasteiger partial charge on any atom is 0.246 e. The summed E-state index contributed by atoms with van der Waals surface area (Å²) < 4.78 is 13.1. The van der Waals surface area contributed by atoms with Crippen molar-refractivity contribution in [2.24, 2.45) is 5.92 Å². The number of aromatic nitrogens is 2. The summed E-state index contributed by atoms with van der Waals surface area (Å²) in [6.45, 7) is 2.38. The summed E-state index contributed by atoms with van der Waals surface area (Å²) in [6, 6.07) is 5.40. The number of carbonyl (C=O) groups excluding carboxylic acids is 2. The first-order chi connectivity index (χ1) is 17.7. The molecule has 1 aliphatic rings. The Balaban J connectivity index is 1.49. The molecule has 196 valence electrons. The van der Waals surface area contributed by atoms with Crippen molar-refractivity contribution in [3.63, 3.8) is 0 Å². The van der Waals surface area contributed by atoms with Crippen LogP contribution in [0.1, 0.15) is 25.3 Å². The first kappa shape index (κ1) is 27.6. The minimum absolute atomic E-state index is 0.0318. The number of nitrogens with one attached hydrogen (secondary N) is 3. The number of carbonyl (C=O) groups is 2.